The lowest BCUT2D eigenvalue weighted by atomic mass is 9.98. The zero-order chi connectivity index (χ0) is 19.5. The minimum Gasteiger partial charge on any atom is -0.343 e. The number of hydrogen-bond acceptors (Lipinski definition) is 3. The second kappa shape index (κ2) is 8.36. The van der Waals surface area contributed by atoms with Gasteiger partial charge < -0.3 is 4.90 Å². The topological polar surface area (TPSA) is 92.5 Å². The molecular formula is C16H22F3N3O3S. The number of benzene rings is 1. The van der Waals surface area contributed by atoms with Gasteiger partial charge in [-0.3, -0.25) is 4.79 Å². The van der Waals surface area contributed by atoms with Gasteiger partial charge in [-0.15, -0.1) is 0 Å². The number of nitrogens with zero attached hydrogens (tertiary/aromatic N) is 1. The summed E-state index contributed by atoms with van der Waals surface area (Å²) < 4.78 is 65.0. The highest BCUT2D eigenvalue weighted by Gasteiger charge is 2.26. The van der Waals surface area contributed by atoms with E-state index in [9.17, 15) is 26.4 Å². The molecule has 0 saturated carbocycles. The van der Waals surface area contributed by atoms with Gasteiger partial charge in [-0.25, -0.2) is 18.3 Å². The highest BCUT2D eigenvalue weighted by Crippen LogP contribution is 2.19. The Kier molecular flexibility index (Phi) is 6.64. The molecule has 2 rings (SSSR count). The van der Waals surface area contributed by atoms with Crippen molar-refractivity contribution in [2.75, 3.05) is 13.1 Å². The van der Waals surface area contributed by atoms with Crippen molar-refractivity contribution in [3.8, 4) is 0 Å². The predicted octanol–water partition coefficient (Wildman–Crippen LogP) is 1.46. The monoisotopic (exact) mass is 393 g/mol. The highest BCUT2D eigenvalue weighted by atomic mass is 32.2. The van der Waals surface area contributed by atoms with Crippen molar-refractivity contribution in [2.45, 2.75) is 38.6 Å². The molecule has 1 aromatic carbocycles. The summed E-state index contributed by atoms with van der Waals surface area (Å²) in [5.41, 5.74) is -0.245. The highest BCUT2D eigenvalue weighted by molar-refractivity contribution is 7.87. The Morgan fingerprint density at radius 1 is 1.23 bits per heavy atom. The van der Waals surface area contributed by atoms with Crippen LogP contribution in [0.5, 0.6) is 0 Å². The molecule has 1 atom stereocenters. The summed E-state index contributed by atoms with van der Waals surface area (Å²) in [5, 5.41) is 4.96. The normalized spacial score (nSPS) is 17.3. The Labute approximate surface area is 150 Å². The standard InChI is InChI=1S/C16H22F3N3O3S/c1-10-2-4-22(5-3-10)16(23)8-12(21-26(20,24)25)6-11-7-14(18)15(19)9-13(11)17/h7,9-10,12,21H,2-6,8H2,1H3,(H2,20,24,25)/t12-/m1/s1. The Hall–Kier alpha value is -1.65. The minimum atomic E-state index is -4.17. The second-order valence-electron chi connectivity index (χ2n) is 6.69. The number of halogens is 3. The smallest absolute Gasteiger partial charge is 0.274 e. The van der Waals surface area contributed by atoms with E-state index in [0.29, 0.717) is 31.1 Å². The molecule has 1 fully saturated rings. The molecule has 10 heteroatoms. The van der Waals surface area contributed by atoms with E-state index in [-0.39, 0.29) is 24.3 Å². The van der Waals surface area contributed by atoms with Gasteiger partial charge in [0.25, 0.3) is 10.2 Å². The fourth-order valence-corrected chi connectivity index (χ4v) is 3.60. The lowest BCUT2D eigenvalue weighted by molar-refractivity contribution is -0.132. The lowest BCUT2D eigenvalue weighted by Crippen LogP contribution is -2.45. The van der Waals surface area contributed by atoms with Crippen LogP contribution in [0.2, 0.25) is 0 Å². The molecule has 0 aromatic heterocycles. The van der Waals surface area contributed by atoms with E-state index in [2.05, 4.69) is 11.6 Å². The van der Waals surface area contributed by atoms with Crippen LogP contribution < -0.4 is 9.86 Å². The van der Waals surface area contributed by atoms with Gasteiger partial charge in [-0.2, -0.15) is 13.1 Å². The van der Waals surface area contributed by atoms with E-state index in [1.807, 2.05) is 0 Å². The van der Waals surface area contributed by atoms with E-state index in [0.717, 1.165) is 12.8 Å². The van der Waals surface area contributed by atoms with Crippen molar-refractivity contribution in [3.05, 3.63) is 35.1 Å². The van der Waals surface area contributed by atoms with Gasteiger partial charge in [0, 0.05) is 31.6 Å². The van der Waals surface area contributed by atoms with Crippen molar-refractivity contribution in [3.63, 3.8) is 0 Å². The molecule has 1 aromatic rings. The van der Waals surface area contributed by atoms with E-state index in [4.69, 9.17) is 5.14 Å². The first kappa shape index (κ1) is 20.7. The maximum atomic E-state index is 13.8. The largest absolute Gasteiger partial charge is 0.343 e. The van der Waals surface area contributed by atoms with Gasteiger partial charge in [0.15, 0.2) is 11.6 Å². The Bertz CT molecular complexity index is 765. The molecule has 0 spiro atoms. The first-order valence-electron chi connectivity index (χ1n) is 8.26. The van der Waals surface area contributed by atoms with Crippen LogP contribution in [0, 0.1) is 23.4 Å². The first-order valence-corrected chi connectivity index (χ1v) is 9.81. The van der Waals surface area contributed by atoms with Gasteiger partial charge in [-0.1, -0.05) is 6.92 Å². The molecular weight excluding hydrogens is 371 g/mol. The molecule has 0 radical (unpaired) electrons. The van der Waals surface area contributed by atoms with Gasteiger partial charge in [0.2, 0.25) is 5.91 Å². The van der Waals surface area contributed by atoms with Gasteiger partial charge >= 0.3 is 0 Å². The van der Waals surface area contributed by atoms with Gasteiger partial charge in [-0.05, 0) is 36.8 Å². The molecule has 26 heavy (non-hydrogen) atoms. The van der Waals surface area contributed by atoms with Crippen LogP contribution in [0.25, 0.3) is 0 Å². The second-order valence-corrected chi connectivity index (χ2v) is 8.01. The number of nitrogens with two attached hydrogens (primary N) is 1. The van der Waals surface area contributed by atoms with Gasteiger partial charge in [0.1, 0.15) is 5.82 Å². The first-order chi connectivity index (χ1) is 12.0. The Morgan fingerprint density at radius 3 is 2.38 bits per heavy atom. The van der Waals surface area contributed by atoms with Crippen molar-refractivity contribution in [1.29, 1.82) is 0 Å². The van der Waals surface area contributed by atoms with Crippen LogP contribution in [0.1, 0.15) is 31.7 Å². The molecule has 0 aliphatic carbocycles. The number of carbonyl (C=O) groups is 1. The summed E-state index contributed by atoms with van der Waals surface area (Å²) in [4.78, 5) is 14.0. The maximum absolute atomic E-state index is 13.8. The summed E-state index contributed by atoms with van der Waals surface area (Å²) in [6.45, 7) is 3.20. The van der Waals surface area contributed by atoms with E-state index in [1.54, 1.807) is 4.90 Å². The van der Waals surface area contributed by atoms with Crippen LogP contribution in [0.4, 0.5) is 13.2 Å². The van der Waals surface area contributed by atoms with E-state index >= 15 is 0 Å². The molecule has 1 heterocycles. The van der Waals surface area contributed by atoms with Crippen molar-refractivity contribution < 1.29 is 26.4 Å². The third-order valence-electron chi connectivity index (χ3n) is 4.44. The quantitative estimate of drug-likeness (QED) is 0.717. The van der Waals surface area contributed by atoms with Gasteiger partial charge in [0.05, 0.1) is 0 Å². The Morgan fingerprint density at radius 2 is 1.81 bits per heavy atom. The number of rotatable bonds is 6. The third kappa shape index (κ3) is 5.96. The average molecular weight is 393 g/mol. The summed E-state index contributed by atoms with van der Waals surface area (Å²) in [6, 6.07) is -0.0431. The summed E-state index contributed by atoms with van der Waals surface area (Å²) in [6.07, 6.45) is 1.09. The molecule has 0 bridgehead atoms. The van der Waals surface area contributed by atoms with Crippen LogP contribution in [-0.4, -0.2) is 38.4 Å². The summed E-state index contributed by atoms with van der Waals surface area (Å²) in [7, 11) is -4.17. The number of likely N-dealkylation sites (tertiary alicyclic amines) is 1. The van der Waals surface area contributed by atoms with Crippen molar-refractivity contribution in [1.82, 2.24) is 9.62 Å². The Balaban J connectivity index is 2.13. The van der Waals surface area contributed by atoms with Crippen LogP contribution in [0.15, 0.2) is 12.1 Å². The molecule has 3 N–H and O–H groups in total. The number of carbonyl (C=O) groups excluding carboxylic acids is 1. The number of nitrogens with one attached hydrogen (secondary N) is 1. The third-order valence-corrected chi connectivity index (χ3v) is 5.11. The zero-order valence-electron chi connectivity index (χ0n) is 14.3. The maximum Gasteiger partial charge on any atom is 0.274 e. The fourth-order valence-electron chi connectivity index (χ4n) is 2.97. The molecule has 1 aliphatic rings. The van der Waals surface area contributed by atoms with Crippen molar-refractivity contribution in [2.24, 2.45) is 11.1 Å². The summed E-state index contributed by atoms with van der Waals surface area (Å²) in [5.74, 6) is -3.42. The molecule has 1 aliphatic heterocycles. The van der Waals surface area contributed by atoms with Crippen molar-refractivity contribution >= 4 is 16.1 Å². The fraction of sp³-hybridized carbons (Fsp3) is 0.562. The van der Waals surface area contributed by atoms with E-state index < -0.39 is 33.7 Å². The lowest BCUT2D eigenvalue weighted by Gasteiger charge is -2.31. The number of amides is 1. The average Bonchev–Trinajstić information content (AvgIpc) is 2.51. The zero-order valence-corrected chi connectivity index (χ0v) is 15.2. The SMILES string of the molecule is CC1CCN(C(=O)C[C@@H](Cc2cc(F)c(F)cc2F)NS(N)(=O)=O)CC1. The molecule has 146 valence electrons. The molecule has 1 saturated heterocycles. The van der Waals surface area contributed by atoms with E-state index in [1.165, 1.54) is 0 Å². The predicted molar refractivity (Wildman–Crippen MR) is 89.6 cm³/mol. The molecule has 0 unspecified atom stereocenters. The number of piperidine rings is 1. The number of hydrogen-bond donors (Lipinski definition) is 2. The molecule has 6 nitrogen and oxygen atoms in total. The van der Waals surface area contributed by atoms with Crippen LogP contribution in [-0.2, 0) is 21.4 Å². The minimum absolute atomic E-state index is 0.245. The van der Waals surface area contributed by atoms with Crippen LogP contribution in [0.3, 0.4) is 0 Å². The molecule has 1 amide bonds. The summed E-state index contributed by atoms with van der Waals surface area (Å²) >= 11 is 0. The van der Waals surface area contributed by atoms with Crippen LogP contribution >= 0.6 is 0 Å².